The molecule has 0 bridgehead atoms. The summed E-state index contributed by atoms with van der Waals surface area (Å²) in [5, 5.41) is 3.25. The molecule has 5 heteroatoms. The molecule has 1 unspecified atom stereocenters. The second-order valence-electron chi connectivity index (χ2n) is 3.90. The number of aromatic nitrogens is 2. The van der Waals surface area contributed by atoms with Crippen molar-refractivity contribution in [2.45, 2.75) is 18.9 Å². The summed E-state index contributed by atoms with van der Waals surface area (Å²) in [5.41, 5.74) is -0.476. The van der Waals surface area contributed by atoms with Gasteiger partial charge in [0.05, 0.1) is 6.04 Å². The van der Waals surface area contributed by atoms with Crippen LogP contribution >= 0.6 is 0 Å². The lowest BCUT2D eigenvalue weighted by Gasteiger charge is -2.24. The highest BCUT2D eigenvalue weighted by atomic mass is 16.2. The fourth-order valence-electron chi connectivity index (χ4n) is 1.94. The van der Waals surface area contributed by atoms with E-state index in [0.29, 0.717) is 0 Å². The molecule has 82 valence electrons. The number of piperidine rings is 1. The summed E-state index contributed by atoms with van der Waals surface area (Å²) in [7, 11) is 1.51. The van der Waals surface area contributed by atoms with Gasteiger partial charge in [-0.05, 0) is 19.4 Å². The summed E-state index contributed by atoms with van der Waals surface area (Å²) in [6.45, 7) is 1.81. The van der Waals surface area contributed by atoms with Gasteiger partial charge in [-0.2, -0.15) is 0 Å². The molecule has 2 rings (SSSR count). The first-order valence-electron chi connectivity index (χ1n) is 5.19. The summed E-state index contributed by atoms with van der Waals surface area (Å²) in [4.78, 5) is 23.0. The summed E-state index contributed by atoms with van der Waals surface area (Å²) in [6, 6.07) is 1.62. The lowest BCUT2D eigenvalue weighted by Crippen LogP contribution is -2.42. The molecule has 15 heavy (non-hydrogen) atoms. The highest BCUT2D eigenvalue weighted by Gasteiger charge is 2.16. The average Bonchev–Trinajstić information content (AvgIpc) is 2.27. The molecule has 0 radical (unpaired) electrons. The van der Waals surface area contributed by atoms with Crippen molar-refractivity contribution in [3.8, 4) is 0 Å². The molecule has 1 aliphatic heterocycles. The van der Waals surface area contributed by atoms with Crippen molar-refractivity contribution in [2.24, 2.45) is 7.05 Å². The number of hydrogen-bond acceptors (Lipinski definition) is 3. The molecular formula is C10H15N3O2. The van der Waals surface area contributed by atoms with E-state index in [4.69, 9.17) is 0 Å². The van der Waals surface area contributed by atoms with E-state index in [-0.39, 0.29) is 17.3 Å². The largest absolute Gasteiger partial charge is 0.330 e. The van der Waals surface area contributed by atoms with Crippen molar-refractivity contribution in [1.29, 1.82) is 0 Å². The van der Waals surface area contributed by atoms with Gasteiger partial charge in [0.1, 0.15) is 0 Å². The third kappa shape index (κ3) is 1.87. The first kappa shape index (κ1) is 10.2. The highest BCUT2D eigenvalue weighted by molar-refractivity contribution is 4.89. The molecule has 1 aromatic heterocycles. The maximum Gasteiger partial charge on any atom is 0.330 e. The quantitative estimate of drug-likeness (QED) is 0.676. The lowest BCUT2D eigenvalue weighted by molar-refractivity contribution is 0.354. The Bertz CT molecular complexity index is 454. The molecule has 0 aliphatic carbocycles. The van der Waals surface area contributed by atoms with Crippen LogP contribution < -0.4 is 16.6 Å². The Morgan fingerprint density at radius 2 is 2.27 bits per heavy atom. The minimum atomic E-state index is -0.250. The van der Waals surface area contributed by atoms with Gasteiger partial charge in [0, 0.05) is 25.9 Å². The van der Waals surface area contributed by atoms with Crippen molar-refractivity contribution < 1.29 is 0 Å². The average molecular weight is 209 g/mol. The molecule has 0 spiro atoms. The molecule has 0 aromatic carbocycles. The SMILES string of the molecule is Cn1c(=O)ccn(C2CCCNC2)c1=O. The van der Waals surface area contributed by atoms with Gasteiger partial charge in [0.2, 0.25) is 0 Å². The van der Waals surface area contributed by atoms with Crippen molar-refractivity contribution >= 4 is 0 Å². The van der Waals surface area contributed by atoms with Crippen molar-refractivity contribution in [2.75, 3.05) is 13.1 Å². The molecule has 1 aliphatic rings. The molecule has 2 heterocycles. The van der Waals surface area contributed by atoms with Crippen LogP contribution in [0.25, 0.3) is 0 Å². The third-order valence-electron chi connectivity index (χ3n) is 2.88. The van der Waals surface area contributed by atoms with Gasteiger partial charge < -0.3 is 5.32 Å². The predicted molar refractivity (Wildman–Crippen MR) is 57.1 cm³/mol. The van der Waals surface area contributed by atoms with Crippen molar-refractivity contribution in [1.82, 2.24) is 14.5 Å². The number of nitrogens with zero attached hydrogens (tertiary/aromatic N) is 2. The van der Waals surface area contributed by atoms with E-state index < -0.39 is 0 Å². The maximum absolute atomic E-state index is 11.8. The predicted octanol–water partition coefficient (Wildman–Crippen LogP) is -0.528. The zero-order valence-electron chi connectivity index (χ0n) is 8.77. The van der Waals surface area contributed by atoms with E-state index in [0.717, 1.165) is 30.5 Å². The van der Waals surface area contributed by atoms with Crippen LogP contribution in [0, 0.1) is 0 Å². The van der Waals surface area contributed by atoms with Crippen molar-refractivity contribution in [3.63, 3.8) is 0 Å². The lowest BCUT2D eigenvalue weighted by atomic mass is 10.1. The molecular weight excluding hydrogens is 194 g/mol. The number of nitrogens with one attached hydrogen (secondary N) is 1. The fourth-order valence-corrected chi connectivity index (χ4v) is 1.94. The molecule has 5 nitrogen and oxygen atoms in total. The second-order valence-corrected chi connectivity index (χ2v) is 3.90. The number of rotatable bonds is 1. The monoisotopic (exact) mass is 209 g/mol. The molecule has 0 amide bonds. The van der Waals surface area contributed by atoms with E-state index in [9.17, 15) is 9.59 Å². The van der Waals surface area contributed by atoms with E-state index in [1.54, 1.807) is 10.8 Å². The maximum atomic E-state index is 11.8. The van der Waals surface area contributed by atoms with Crippen LogP contribution in [-0.2, 0) is 7.05 Å². The summed E-state index contributed by atoms with van der Waals surface area (Å²) < 4.78 is 2.79. The highest BCUT2D eigenvalue weighted by Crippen LogP contribution is 2.13. The molecule has 0 saturated carbocycles. The fraction of sp³-hybridized carbons (Fsp3) is 0.600. The molecule has 1 aromatic rings. The zero-order valence-corrected chi connectivity index (χ0v) is 8.77. The summed E-state index contributed by atoms with van der Waals surface area (Å²) in [5.74, 6) is 0. The molecule has 1 N–H and O–H groups in total. The third-order valence-corrected chi connectivity index (χ3v) is 2.88. The topological polar surface area (TPSA) is 56.0 Å². The standard InChI is InChI=1S/C10H15N3O2/c1-12-9(14)4-6-13(10(12)15)8-3-2-5-11-7-8/h4,6,8,11H,2-3,5,7H2,1H3. The normalized spacial score (nSPS) is 21.5. The van der Waals surface area contributed by atoms with Crippen LogP contribution in [0.1, 0.15) is 18.9 Å². The Morgan fingerprint density at radius 3 is 2.93 bits per heavy atom. The minimum Gasteiger partial charge on any atom is -0.315 e. The summed E-state index contributed by atoms with van der Waals surface area (Å²) >= 11 is 0. The number of hydrogen-bond donors (Lipinski definition) is 1. The minimum absolute atomic E-state index is 0.179. The second kappa shape index (κ2) is 4.02. The van der Waals surface area contributed by atoms with Crippen LogP contribution in [0.2, 0.25) is 0 Å². The van der Waals surface area contributed by atoms with E-state index in [1.807, 2.05) is 0 Å². The van der Waals surface area contributed by atoms with Crippen LogP contribution in [0.3, 0.4) is 0 Å². The van der Waals surface area contributed by atoms with Crippen LogP contribution in [0.5, 0.6) is 0 Å². The zero-order chi connectivity index (χ0) is 10.8. The molecule has 1 atom stereocenters. The van der Waals surface area contributed by atoms with Gasteiger partial charge in [0.25, 0.3) is 5.56 Å². The van der Waals surface area contributed by atoms with Crippen molar-refractivity contribution in [3.05, 3.63) is 33.1 Å². The van der Waals surface area contributed by atoms with Gasteiger partial charge >= 0.3 is 5.69 Å². The smallest absolute Gasteiger partial charge is 0.315 e. The first-order valence-corrected chi connectivity index (χ1v) is 5.19. The first-order chi connectivity index (χ1) is 7.20. The summed E-state index contributed by atoms with van der Waals surface area (Å²) in [6.07, 6.45) is 3.66. The van der Waals surface area contributed by atoms with E-state index in [1.165, 1.54) is 13.1 Å². The van der Waals surface area contributed by atoms with Gasteiger partial charge in [-0.1, -0.05) is 0 Å². The van der Waals surface area contributed by atoms with E-state index in [2.05, 4.69) is 5.32 Å². The molecule has 1 fully saturated rings. The van der Waals surface area contributed by atoms with Gasteiger partial charge in [-0.3, -0.25) is 13.9 Å². The van der Waals surface area contributed by atoms with Gasteiger partial charge in [0.15, 0.2) is 0 Å². The molecule has 1 saturated heterocycles. The Kier molecular flexibility index (Phi) is 2.73. The van der Waals surface area contributed by atoms with Gasteiger partial charge in [-0.25, -0.2) is 4.79 Å². The Hall–Kier alpha value is -1.36. The van der Waals surface area contributed by atoms with Crippen LogP contribution in [0.15, 0.2) is 21.9 Å². The van der Waals surface area contributed by atoms with Gasteiger partial charge in [-0.15, -0.1) is 0 Å². The Morgan fingerprint density at radius 1 is 1.47 bits per heavy atom. The Labute approximate surface area is 87.3 Å². The van der Waals surface area contributed by atoms with Crippen LogP contribution in [-0.4, -0.2) is 22.2 Å². The van der Waals surface area contributed by atoms with E-state index >= 15 is 0 Å². The van der Waals surface area contributed by atoms with Crippen LogP contribution in [0.4, 0.5) is 0 Å². The Balaban J connectivity index is 2.40.